The highest BCUT2D eigenvalue weighted by atomic mass is 32.1. The smallest absolute Gasteiger partial charge is 0.323 e. The maximum Gasteiger partial charge on any atom is 0.323 e. The first-order valence-electron chi connectivity index (χ1n) is 7.84. The number of aromatic nitrogens is 1. The van der Waals surface area contributed by atoms with E-state index < -0.39 is 0 Å². The molecule has 2 atom stereocenters. The zero-order chi connectivity index (χ0) is 15.6. The topological polar surface area (TPSA) is 51.7 Å². The van der Waals surface area contributed by atoms with Crippen LogP contribution in [0.15, 0.2) is 35.7 Å². The number of morpholine rings is 1. The number of hydrogen-bond acceptors (Lipinski definition) is 6. The maximum atomic E-state index is 11.8. The van der Waals surface area contributed by atoms with Crippen molar-refractivity contribution < 1.29 is 14.3 Å². The van der Waals surface area contributed by atoms with E-state index in [0.717, 1.165) is 29.2 Å². The predicted molar refractivity (Wildman–Crippen MR) is 87.2 cm³/mol. The van der Waals surface area contributed by atoms with E-state index in [2.05, 4.69) is 22.4 Å². The summed E-state index contributed by atoms with van der Waals surface area (Å²) in [5.41, 5.74) is 2.09. The quantitative estimate of drug-likeness (QED) is 0.810. The second kappa shape index (κ2) is 6.39. The van der Waals surface area contributed by atoms with Gasteiger partial charge in [-0.15, -0.1) is 11.3 Å². The summed E-state index contributed by atoms with van der Waals surface area (Å²) in [6.07, 6.45) is 0.707. The van der Waals surface area contributed by atoms with Crippen molar-refractivity contribution in [2.45, 2.75) is 18.6 Å². The van der Waals surface area contributed by atoms with Gasteiger partial charge in [0.1, 0.15) is 17.2 Å². The minimum Gasteiger partial charge on any atom is -0.464 e. The lowest BCUT2D eigenvalue weighted by Crippen LogP contribution is -2.46. The van der Waals surface area contributed by atoms with E-state index in [4.69, 9.17) is 14.5 Å². The van der Waals surface area contributed by atoms with Crippen LogP contribution in [0.3, 0.4) is 0 Å². The Balaban J connectivity index is 1.50. The van der Waals surface area contributed by atoms with Gasteiger partial charge in [-0.05, 0) is 0 Å². The van der Waals surface area contributed by atoms with Crippen molar-refractivity contribution in [1.29, 1.82) is 0 Å². The Hall–Kier alpha value is -1.76. The highest BCUT2D eigenvalue weighted by Crippen LogP contribution is 2.30. The first-order chi connectivity index (χ1) is 11.3. The molecular weight excluding hydrogens is 312 g/mol. The van der Waals surface area contributed by atoms with Crippen molar-refractivity contribution in [2.75, 3.05) is 26.3 Å². The number of carbonyl (C=O) groups is 1. The van der Waals surface area contributed by atoms with Crippen molar-refractivity contribution in [2.24, 2.45) is 0 Å². The number of ether oxygens (including phenoxy) is 2. The molecule has 0 spiro atoms. The predicted octanol–water partition coefficient (Wildman–Crippen LogP) is 2.50. The van der Waals surface area contributed by atoms with Crippen LogP contribution in [0.1, 0.15) is 17.5 Å². The van der Waals surface area contributed by atoms with E-state index in [1.54, 1.807) is 11.3 Å². The molecule has 2 saturated heterocycles. The molecule has 6 heteroatoms. The standard InChI is InChI=1S/C17H18N2O3S/c20-17-14(6-8-22-17)19-7-9-21-15(10-19)16-18-13(11-23-16)12-4-2-1-3-5-12/h1-5,11,14-15H,6-10H2/t14-,15-/m1/s1. The number of esters is 1. The molecule has 4 rings (SSSR count). The third-order valence-electron chi connectivity index (χ3n) is 4.31. The van der Waals surface area contributed by atoms with Crippen LogP contribution in [0.4, 0.5) is 0 Å². The fourth-order valence-corrected chi connectivity index (χ4v) is 3.96. The first kappa shape index (κ1) is 14.8. The van der Waals surface area contributed by atoms with Crippen LogP contribution < -0.4 is 0 Å². The van der Waals surface area contributed by atoms with Gasteiger partial charge in [0.2, 0.25) is 0 Å². The Bertz CT molecular complexity index is 688. The molecule has 0 aliphatic carbocycles. The van der Waals surface area contributed by atoms with E-state index in [9.17, 15) is 4.79 Å². The van der Waals surface area contributed by atoms with Gasteiger partial charge in [0.15, 0.2) is 0 Å². The molecule has 1 aromatic heterocycles. The molecule has 0 radical (unpaired) electrons. The van der Waals surface area contributed by atoms with Crippen LogP contribution in [0.2, 0.25) is 0 Å². The fraction of sp³-hybridized carbons (Fsp3) is 0.412. The van der Waals surface area contributed by atoms with Crippen LogP contribution in [0, 0.1) is 0 Å². The van der Waals surface area contributed by atoms with Crippen LogP contribution in [-0.2, 0) is 14.3 Å². The third-order valence-corrected chi connectivity index (χ3v) is 5.25. The van der Waals surface area contributed by atoms with Crippen molar-refractivity contribution in [3.05, 3.63) is 40.7 Å². The summed E-state index contributed by atoms with van der Waals surface area (Å²) in [5.74, 6) is -0.102. The molecule has 120 valence electrons. The van der Waals surface area contributed by atoms with Gasteiger partial charge in [-0.2, -0.15) is 0 Å². The van der Waals surface area contributed by atoms with Gasteiger partial charge in [0, 0.05) is 30.5 Å². The first-order valence-corrected chi connectivity index (χ1v) is 8.72. The zero-order valence-corrected chi connectivity index (χ0v) is 13.5. The number of carbonyl (C=O) groups excluding carboxylic acids is 1. The van der Waals surface area contributed by atoms with Crippen LogP contribution in [0.5, 0.6) is 0 Å². The average Bonchev–Trinajstić information content (AvgIpc) is 3.25. The monoisotopic (exact) mass is 330 g/mol. The lowest BCUT2D eigenvalue weighted by atomic mass is 10.1. The number of rotatable bonds is 3. The minimum atomic E-state index is -0.116. The number of thiazole rings is 1. The van der Waals surface area contributed by atoms with Gasteiger partial charge >= 0.3 is 5.97 Å². The molecule has 0 bridgehead atoms. The Kier molecular flexibility index (Phi) is 4.11. The van der Waals surface area contributed by atoms with Gasteiger partial charge in [-0.25, -0.2) is 4.98 Å². The van der Waals surface area contributed by atoms with E-state index in [0.29, 0.717) is 19.8 Å². The van der Waals surface area contributed by atoms with Crippen molar-refractivity contribution in [1.82, 2.24) is 9.88 Å². The number of hydrogen-bond donors (Lipinski definition) is 0. The third kappa shape index (κ3) is 3.02. The molecule has 0 amide bonds. The average molecular weight is 330 g/mol. The van der Waals surface area contributed by atoms with Gasteiger partial charge in [0.05, 0.1) is 18.9 Å². The van der Waals surface area contributed by atoms with Crippen LogP contribution >= 0.6 is 11.3 Å². The van der Waals surface area contributed by atoms with Crippen molar-refractivity contribution in [3.63, 3.8) is 0 Å². The molecule has 0 N–H and O–H groups in total. The highest BCUT2D eigenvalue weighted by Gasteiger charge is 2.36. The maximum absolute atomic E-state index is 11.8. The summed E-state index contributed by atoms with van der Waals surface area (Å²) in [6.45, 7) is 2.62. The Morgan fingerprint density at radius 1 is 1.22 bits per heavy atom. The van der Waals surface area contributed by atoms with Crippen molar-refractivity contribution in [3.8, 4) is 11.3 Å². The molecule has 0 unspecified atom stereocenters. The SMILES string of the molecule is O=C1OCC[C@H]1N1CCO[C@@H](c2nc(-c3ccccc3)cs2)C1. The summed E-state index contributed by atoms with van der Waals surface area (Å²) in [6, 6.07) is 10.0. The second-order valence-corrected chi connectivity index (χ2v) is 6.65. The Labute approximate surface area is 138 Å². The molecule has 2 aliphatic heterocycles. The molecule has 0 saturated carbocycles. The number of cyclic esters (lactones) is 1. The lowest BCUT2D eigenvalue weighted by Gasteiger charge is -2.34. The van der Waals surface area contributed by atoms with Gasteiger partial charge in [-0.1, -0.05) is 30.3 Å². The molecule has 2 aliphatic rings. The Morgan fingerprint density at radius 3 is 2.87 bits per heavy atom. The lowest BCUT2D eigenvalue weighted by molar-refractivity contribution is -0.144. The molecule has 1 aromatic carbocycles. The van der Waals surface area contributed by atoms with Gasteiger partial charge in [-0.3, -0.25) is 9.69 Å². The van der Waals surface area contributed by atoms with Crippen LogP contribution in [-0.4, -0.2) is 48.2 Å². The minimum absolute atomic E-state index is 0.0698. The van der Waals surface area contributed by atoms with Gasteiger partial charge in [0.25, 0.3) is 0 Å². The summed E-state index contributed by atoms with van der Waals surface area (Å²) >= 11 is 1.62. The summed E-state index contributed by atoms with van der Waals surface area (Å²) in [4.78, 5) is 18.7. The van der Waals surface area contributed by atoms with E-state index in [-0.39, 0.29) is 18.1 Å². The molecule has 2 fully saturated rings. The Morgan fingerprint density at radius 2 is 2.09 bits per heavy atom. The second-order valence-electron chi connectivity index (χ2n) is 5.76. The summed E-state index contributed by atoms with van der Waals surface area (Å²) in [7, 11) is 0. The van der Waals surface area contributed by atoms with E-state index in [1.807, 2.05) is 18.2 Å². The normalized spacial score (nSPS) is 25.5. The molecule has 2 aromatic rings. The number of nitrogens with zero attached hydrogens (tertiary/aromatic N) is 2. The summed E-state index contributed by atoms with van der Waals surface area (Å²) in [5, 5.41) is 3.04. The number of benzene rings is 1. The zero-order valence-electron chi connectivity index (χ0n) is 12.7. The van der Waals surface area contributed by atoms with E-state index in [1.165, 1.54) is 0 Å². The molecule has 23 heavy (non-hydrogen) atoms. The largest absolute Gasteiger partial charge is 0.464 e. The van der Waals surface area contributed by atoms with Crippen LogP contribution in [0.25, 0.3) is 11.3 Å². The molecular formula is C17H18N2O3S. The fourth-order valence-electron chi connectivity index (χ4n) is 3.10. The van der Waals surface area contributed by atoms with E-state index >= 15 is 0 Å². The molecule has 3 heterocycles. The van der Waals surface area contributed by atoms with Gasteiger partial charge < -0.3 is 9.47 Å². The van der Waals surface area contributed by atoms with Crippen molar-refractivity contribution >= 4 is 17.3 Å². The highest BCUT2D eigenvalue weighted by molar-refractivity contribution is 7.10. The summed E-state index contributed by atoms with van der Waals surface area (Å²) < 4.78 is 11.0. The molecule has 5 nitrogen and oxygen atoms in total.